The van der Waals surface area contributed by atoms with Crippen molar-refractivity contribution in [3.63, 3.8) is 0 Å². The van der Waals surface area contributed by atoms with Crippen LogP contribution in [0.2, 0.25) is 0 Å². The first-order valence-electron chi connectivity index (χ1n) is 7.00. The van der Waals surface area contributed by atoms with Crippen molar-refractivity contribution in [3.8, 4) is 5.75 Å². The fourth-order valence-corrected chi connectivity index (χ4v) is 3.99. The van der Waals surface area contributed by atoms with Crippen molar-refractivity contribution in [3.05, 3.63) is 45.1 Å². The average molecular weight is 366 g/mol. The molecule has 0 fully saturated rings. The van der Waals surface area contributed by atoms with Crippen LogP contribution in [-0.2, 0) is 11.2 Å². The molecule has 1 aromatic carbocycles. The summed E-state index contributed by atoms with van der Waals surface area (Å²) in [6.45, 7) is 1.21. The van der Waals surface area contributed by atoms with Gasteiger partial charge in [-0.2, -0.15) is 0 Å². The first kappa shape index (κ1) is 14.6. The molecule has 1 amide bonds. The highest BCUT2D eigenvalue weighted by Crippen LogP contribution is 2.31. The van der Waals surface area contributed by atoms with Crippen LogP contribution in [0.4, 0.5) is 5.69 Å². The van der Waals surface area contributed by atoms with E-state index in [1.54, 1.807) is 11.3 Å². The number of aryl methyl sites for hydroxylation is 1. The summed E-state index contributed by atoms with van der Waals surface area (Å²) in [5, 5.41) is 0. The summed E-state index contributed by atoms with van der Waals surface area (Å²) in [6.07, 6.45) is 2.41. The van der Waals surface area contributed by atoms with E-state index in [0.29, 0.717) is 19.6 Å². The largest absolute Gasteiger partial charge is 0.490 e. The molecule has 0 bridgehead atoms. The molecule has 110 valence electrons. The highest BCUT2D eigenvalue weighted by molar-refractivity contribution is 9.11. The second-order valence-electron chi connectivity index (χ2n) is 4.92. The van der Waals surface area contributed by atoms with E-state index in [9.17, 15) is 4.79 Å². The Hall–Kier alpha value is -1.33. The molecular formula is C16H16BrNO2S. The van der Waals surface area contributed by atoms with E-state index in [0.717, 1.165) is 28.1 Å². The van der Waals surface area contributed by atoms with Crippen LogP contribution in [0.1, 0.15) is 17.7 Å². The van der Waals surface area contributed by atoms with Crippen LogP contribution in [0.3, 0.4) is 0 Å². The number of thiophene rings is 1. The number of rotatable bonds is 4. The molecule has 1 aliphatic rings. The van der Waals surface area contributed by atoms with Gasteiger partial charge in [0.2, 0.25) is 5.91 Å². The van der Waals surface area contributed by atoms with Gasteiger partial charge in [0, 0.05) is 11.3 Å². The molecule has 0 unspecified atom stereocenters. The smallest absolute Gasteiger partial charge is 0.227 e. The summed E-state index contributed by atoms with van der Waals surface area (Å²) >= 11 is 5.20. The fourth-order valence-electron chi connectivity index (χ4n) is 2.46. The van der Waals surface area contributed by atoms with E-state index in [1.807, 2.05) is 29.2 Å². The molecule has 3 nitrogen and oxygen atoms in total. The summed E-state index contributed by atoms with van der Waals surface area (Å²) in [6, 6.07) is 11.9. The number of anilines is 1. The predicted octanol–water partition coefficient (Wildman–Crippen LogP) is 4.26. The Morgan fingerprint density at radius 2 is 2.14 bits per heavy atom. The normalized spacial score (nSPS) is 13.7. The summed E-state index contributed by atoms with van der Waals surface area (Å²) in [5.74, 6) is 0.987. The van der Waals surface area contributed by atoms with E-state index in [1.165, 1.54) is 4.88 Å². The van der Waals surface area contributed by atoms with Crippen LogP contribution in [0.25, 0.3) is 0 Å². The SMILES string of the molecule is O=C(CCCc1ccc(Br)s1)N1CCOc2ccccc21. The van der Waals surface area contributed by atoms with Gasteiger partial charge in [-0.05, 0) is 53.0 Å². The molecule has 0 saturated carbocycles. The zero-order valence-electron chi connectivity index (χ0n) is 11.5. The zero-order valence-corrected chi connectivity index (χ0v) is 14.0. The van der Waals surface area contributed by atoms with Gasteiger partial charge < -0.3 is 9.64 Å². The molecule has 3 rings (SSSR count). The summed E-state index contributed by atoms with van der Waals surface area (Å²) in [7, 11) is 0. The van der Waals surface area contributed by atoms with E-state index in [-0.39, 0.29) is 5.91 Å². The number of para-hydroxylation sites is 2. The van der Waals surface area contributed by atoms with E-state index < -0.39 is 0 Å². The monoisotopic (exact) mass is 365 g/mol. The van der Waals surface area contributed by atoms with Gasteiger partial charge in [0.25, 0.3) is 0 Å². The van der Waals surface area contributed by atoms with Crippen molar-refractivity contribution >= 4 is 38.9 Å². The number of nitrogens with zero attached hydrogens (tertiary/aromatic N) is 1. The lowest BCUT2D eigenvalue weighted by molar-refractivity contribution is -0.118. The van der Waals surface area contributed by atoms with Gasteiger partial charge >= 0.3 is 0 Å². The Morgan fingerprint density at radius 3 is 2.95 bits per heavy atom. The van der Waals surface area contributed by atoms with E-state index in [2.05, 4.69) is 28.1 Å². The Balaban J connectivity index is 1.59. The minimum absolute atomic E-state index is 0.182. The number of hydrogen-bond acceptors (Lipinski definition) is 3. The van der Waals surface area contributed by atoms with Crippen LogP contribution in [0.5, 0.6) is 5.75 Å². The van der Waals surface area contributed by atoms with Crippen molar-refractivity contribution in [2.24, 2.45) is 0 Å². The number of carbonyl (C=O) groups is 1. The van der Waals surface area contributed by atoms with Gasteiger partial charge in [-0.1, -0.05) is 12.1 Å². The minimum atomic E-state index is 0.182. The van der Waals surface area contributed by atoms with E-state index in [4.69, 9.17) is 4.74 Å². The lowest BCUT2D eigenvalue weighted by Gasteiger charge is -2.29. The zero-order chi connectivity index (χ0) is 14.7. The highest BCUT2D eigenvalue weighted by Gasteiger charge is 2.22. The summed E-state index contributed by atoms with van der Waals surface area (Å²) in [5.41, 5.74) is 0.896. The Kier molecular flexibility index (Phi) is 4.60. The first-order chi connectivity index (χ1) is 10.2. The minimum Gasteiger partial charge on any atom is -0.490 e. The van der Waals surface area contributed by atoms with Gasteiger partial charge in [-0.15, -0.1) is 11.3 Å². The van der Waals surface area contributed by atoms with Crippen molar-refractivity contribution < 1.29 is 9.53 Å². The number of benzene rings is 1. The molecule has 0 saturated heterocycles. The van der Waals surface area contributed by atoms with Gasteiger partial charge in [0.1, 0.15) is 12.4 Å². The molecule has 0 radical (unpaired) electrons. The van der Waals surface area contributed by atoms with Crippen LogP contribution in [0, 0.1) is 0 Å². The molecule has 5 heteroatoms. The second kappa shape index (κ2) is 6.62. The standard InChI is InChI=1S/C16H16BrNO2S/c17-15-9-8-12(21-15)4-3-7-16(19)18-10-11-20-14-6-2-1-5-13(14)18/h1-2,5-6,8-9H,3-4,7,10-11H2. The molecule has 2 heterocycles. The molecule has 0 aliphatic carbocycles. The number of fused-ring (bicyclic) bond motifs is 1. The summed E-state index contributed by atoms with van der Waals surface area (Å²) < 4.78 is 6.73. The molecule has 21 heavy (non-hydrogen) atoms. The third kappa shape index (κ3) is 3.47. The molecule has 0 spiro atoms. The summed E-state index contributed by atoms with van der Waals surface area (Å²) in [4.78, 5) is 15.6. The van der Waals surface area contributed by atoms with Crippen molar-refractivity contribution in [2.75, 3.05) is 18.1 Å². The lowest BCUT2D eigenvalue weighted by atomic mass is 10.1. The van der Waals surface area contributed by atoms with Crippen molar-refractivity contribution in [1.29, 1.82) is 0 Å². The quantitative estimate of drug-likeness (QED) is 0.809. The van der Waals surface area contributed by atoms with Crippen LogP contribution in [0.15, 0.2) is 40.2 Å². The molecule has 1 aliphatic heterocycles. The fraction of sp³-hybridized carbons (Fsp3) is 0.312. The number of hydrogen-bond donors (Lipinski definition) is 0. The van der Waals surface area contributed by atoms with Crippen molar-refractivity contribution in [2.45, 2.75) is 19.3 Å². The third-order valence-corrected chi connectivity index (χ3v) is 5.16. The van der Waals surface area contributed by atoms with Crippen LogP contribution in [-0.4, -0.2) is 19.1 Å². The maximum absolute atomic E-state index is 12.4. The number of amides is 1. The first-order valence-corrected chi connectivity index (χ1v) is 8.61. The Morgan fingerprint density at radius 1 is 1.29 bits per heavy atom. The van der Waals surface area contributed by atoms with Gasteiger partial charge in [-0.3, -0.25) is 4.79 Å². The van der Waals surface area contributed by atoms with Crippen molar-refractivity contribution in [1.82, 2.24) is 0 Å². The number of carbonyl (C=O) groups excluding carboxylic acids is 1. The predicted molar refractivity (Wildman–Crippen MR) is 89.2 cm³/mol. The average Bonchev–Trinajstić information content (AvgIpc) is 2.92. The maximum Gasteiger partial charge on any atom is 0.227 e. The molecular weight excluding hydrogens is 350 g/mol. The van der Waals surface area contributed by atoms with Crippen LogP contribution < -0.4 is 9.64 Å². The maximum atomic E-state index is 12.4. The molecule has 0 N–H and O–H groups in total. The Labute approximate surface area is 136 Å². The van der Waals surface area contributed by atoms with Crippen LogP contribution >= 0.6 is 27.3 Å². The Bertz CT molecular complexity index is 641. The molecule has 1 aromatic heterocycles. The lowest BCUT2D eigenvalue weighted by Crippen LogP contribution is -2.37. The number of halogens is 1. The van der Waals surface area contributed by atoms with E-state index >= 15 is 0 Å². The van der Waals surface area contributed by atoms with Gasteiger partial charge in [0.15, 0.2) is 0 Å². The molecule has 0 atom stereocenters. The highest BCUT2D eigenvalue weighted by atomic mass is 79.9. The van der Waals surface area contributed by atoms with Gasteiger partial charge in [-0.25, -0.2) is 0 Å². The third-order valence-electron chi connectivity index (χ3n) is 3.47. The van der Waals surface area contributed by atoms with Gasteiger partial charge in [0.05, 0.1) is 16.0 Å². The second-order valence-corrected chi connectivity index (χ2v) is 7.47. The number of ether oxygens (including phenoxy) is 1. The topological polar surface area (TPSA) is 29.5 Å². The molecule has 2 aromatic rings.